The molecule has 0 spiro atoms. The van der Waals surface area contributed by atoms with Gasteiger partial charge in [-0.3, -0.25) is 25.0 Å². The quantitative estimate of drug-likeness (QED) is 0.291. The van der Waals surface area contributed by atoms with Gasteiger partial charge in [-0.25, -0.2) is 0 Å². The number of likely N-dealkylation sites (N-methyl/N-ethyl adjacent to an activating group) is 1. The molecule has 30 heavy (non-hydrogen) atoms. The highest BCUT2D eigenvalue weighted by Gasteiger charge is 2.22. The van der Waals surface area contributed by atoms with Crippen molar-refractivity contribution in [2.24, 2.45) is 0 Å². The van der Waals surface area contributed by atoms with Gasteiger partial charge in [0.2, 0.25) is 5.75 Å². The molecule has 0 radical (unpaired) electrons. The fraction of sp³-hybridized carbons (Fsp3) is 0.158. The number of hydrogen-bond donors (Lipinski definition) is 0. The molecule has 2 rings (SSSR count). The van der Waals surface area contributed by atoms with Gasteiger partial charge in [-0.15, -0.1) is 0 Å². The van der Waals surface area contributed by atoms with Crippen molar-refractivity contribution in [3.05, 3.63) is 67.8 Å². The van der Waals surface area contributed by atoms with Crippen LogP contribution >= 0.6 is 0 Å². The summed E-state index contributed by atoms with van der Waals surface area (Å²) >= 11 is 0. The van der Waals surface area contributed by atoms with E-state index in [1.165, 1.54) is 50.4 Å². The van der Waals surface area contributed by atoms with Gasteiger partial charge in [0.1, 0.15) is 11.6 Å². The van der Waals surface area contributed by atoms with Crippen molar-refractivity contribution in [1.29, 1.82) is 5.26 Å². The molecule has 0 aliphatic rings. The molecule has 0 N–H and O–H groups in total. The minimum atomic E-state index is -0.794. The number of carbonyl (C=O) groups is 1. The Hall–Kier alpha value is -4.46. The lowest BCUT2D eigenvalue weighted by Gasteiger charge is -2.12. The van der Waals surface area contributed by atoms with Gasteiger partial charge in [0.15, 0.2) is 11.5 Å². The van der Waals surface area contributed by atoms with Gasteiger partial charge in [0, 0.05) is 20.2 Å². The van der Waals surface area contributed by atoms with Crippen LogP contribution in [-0.4, -0.2) is 41.9 Å². The maximum Gasteiger partial charge on any atom is 0.318 e. The normalized spacial score (nSPS) is 10.7. The van der Waals surface area contributed by atoms with Crippen molar-refractivity contribution in [3.8, 4) is 23.3 Å². The first kappa shape index (κ1) is 21.8. The van der Waals surface area contributed by atoms with Gasteiger partial charge in [-0.2, -0.15) is 5.26 Å². The SMILES string of the molecule is COc1cc(/C=C(/C#N)C(=O)N(C)C)ccc1Oc1ccc([N+](=O)[O-])cc1[N+](=O)[O-]. The van der Waals surface area contributed by atoms with Crippen molar-refractivity contribution >= 4 is 23.4 Å². The zero-order chi connectivity index (χ0) is 22.4. The average molecular weight is 412 g/mol. The second kappa shape index (κ2) is 9.16. The van der Waals surface area contributed by atoms with Crippen LogP contribution in [0, 0.1) is 31.6 Å². The third-order valence-electron chi connectivity index (χ3n) is 3.83. The van der Waals surface area contributed by atoms with E-state index in [1.807, 2.05) is 6.07 Å². The number of nitro groups is 2. The van der Waals surface area contributed by atoms with E-state index in [-0.39, 0.29) is 22.8 Å². The van der Waals surface area contributed by atoms with Crippen LogP contribution in [0.1, 0.15) is 5.56 Å². The number of benzene rings is 2. The molecular weight excluding hydrogens is 396 g/mol. The average Bonchev–Trinajstić information content (AvgIpc) is 2.72. The minimum absolute atomic E-state index is 0.0956. The molecular formula is C19H16N4O7. The number of non-ortho nitro benzene ring substituents is 1. The molecule has 0 aliphatic carbocycles. The van der Waals surface area contributed by atoms with Gasteiger partial charge in [0.05, 0.1) is 23.0 Å². The number of rotatable bonds is 7. The lowest BCUT2D eigenvalue weighted by Crippen LogP contribution is -2.22. The van der Waals surface area contributed by atoms with Crippen LogP contribution < -0.4 is 9.47 Å². The number of nitro benzene ring substituents is 2. The molecule has 0 saturated heterocycles. The predicted octanol–water partition coefficient (Wildman–Crippen LogP) is 3.30. The van der Waals surface area contributed by atoms with E-state index in [1.54, 1.807) is 0 Å². The fourth-order valence-electron chi connectivity index (χ4n) is 2.37. The summed E-state index contributed by atoms with van der Waals surface area (Å²) in [6, 6.07) is 9.26. The van der Waals surface area contributed by atoms with E-state index < -0.39 is 27.1 Å². The molecule has 0 atom stereocenters. The van der Waals surface area contributed by atoms with Crippen LogP contribution in [-0.2, 0) is 4.79 Å². The Morgan fingerprint density at radius 2 is 1.73 bits per heavy atom. The van der Waals surface area contributed by atoms with Crippen LogP contribution in [0.2, 0.25) is 0 Å². The van der Waals surface area contributed by atoms with Crippen molar-refractivity contribution in [1.82, 2.24) is 4.90 Å². The van der Waals surface area contributed by atoms with Gasteiger partial charge < -0.3 is 14.4 Å². The van der Waals surface area contributed by atoms with E-state index in [0.717, 1.165) is 18.2 Å². The lowest BCUT2D eigenvalue weighted by atomic mass is 10.1. The fourth-order valence-corrected chi connectivity index (χ4v) is 2.37. The number of methoxy groups -OCH3 is 1. The molecule has 0 aliphatic heterocycles. The number of carbonyl (C=O) groups excluding carboxylic acids is 1. The summed E-state index contributed by atoms with van der Waals surface area (Å²) in [5.74, 6) is -0.416. The molecule has 1 amide bonds. The van der Waals surface area contributed by atoms with Crippen LogP contribution in [0.3, 0.4) is 0 Å². The summed E-state index contributed by atoms with van der Waals surface area (Å²) in [6.45, 7) is 0. The molecule has 0 fully saturated rings. The third-order valence-corrected chi connectivity index (χ3v) is 3.83. The van der Waals surface area contributed by atoms with Gasteiger partial charge >= 0.3 is 5.69 Å². The molecule has 0 aromatic heterocycles. The molecule has 154 valence electrons. The number of amides is 1. The molecule has 11 nitrogen and oxygen atoms in total. The Bertz CT molecular complexity index is 1090. The van der Waals surface area contributed by atoms with E-state index in [4.69, 9.17) is 9.47 Å². The van der Waals surface area contributed by atoms with E-state index >= 15 is 0 Å². The lowest BCUT2D eigenvalue weighted by molar-refractivity contribution is -0.394. The summed E-state index contributed by atoms with van der Waals surface area (Å²) in [6.07, 6.45) is 1.36. The summed E-state index contributed by atoms with van der Waals surface area (Å²) in [4.78, 5) is 33.8. The van der Waals surface area contributed by atoms with E-state index in [0.29, 0.717) is 5.56 Å². The number of nitrogens with zero attached hydrogens (tertiary/aromatic N) is 4. The Morgan fingerprint density at radius 3 is 2.27 bits per heavy atom. The number of hydrogen-bond acceptors (Lipinski definition) is 8. The zero-order valence-corrected chi connectivity index (χ0v) is 16.2. The Kier molecular flexibility index (Phi) is 6.66. The van der Waals surface area contributed by atoms with Crippen LogP contribution in [0.15, 0.2) is 42.0 Å². The Labute approximate surface area is 170 Å². The highest BCUT2D eigenvalue weighted by Crippen LogP contribution is 2.38. The van der Waals surface area contributed by atoms with Crippen LogP contribution in [0.5, 0.6) is 17.2 Å². The largest absolute Gasteiger partial charge is 0.493 e. The maximum absolute atomic E-state index is 12.0. The summed E-state index contributed by atoms with van der Waals surface area (Å²) in [5.41, 5.74) is -0.666. The number of nitriles is 1. The van der Waals surface area contributed by atoms with Gasteiger partial charge in [-0.1, -0.05) is 6.07 Å². The van der Waals surface area contributed by atoms with Crippen LogP contribution in [0.4, 0.5) is 11.4 Å². The van der Waals surface area contributed by atoms with E-state index in [2.05, 4.69) is 0 Å². The van der Waals surface area contributed by atoms with Crippen LogP contribution in [0.25, 0.3) is 6.08 Å². The van der Waals surface area contributed by atoms with Gasteiger partial charge in [0.25, 0.3) is 11.6 Å². The first-order chi connectivity index (χ1) is 14.2. The highest BCUT2D eigenvalue weighted by atomic mass is 16.6. The zero-order valence-electron chi connectivity index (χ0n) is 16.2. The van der Waals surface area contributed by atoms with Gasteiger partial charge in [-0.05, 0) is 29.8 Å². The maximum atomic E-state index is 12.0. The molecule has 11 heteroatoms. The first-order valence-corrected chi connectivity index (χ1v) is 8.30. The summed E-state index contributed by atoms with van der Waals surface area (Å²) in [7, 11) is 4.38. The standard InChI is InChI=1S/C19H16N4O7/c1-21(2)19(24)13(11-20)8-12-4-6-17(18(9-12)29-3)30-16-7-5-14(22(25)26)10-15(16)23(27)28/h4-10H,1-3H3/b13-8-. The van der Waals surface area contributed by atoms with Crippen molar-refractivity contribution in [3.63, 3.8) is 0 Å². The highest BCUT2D eigenvalue weighted by molar-refractivity contribution is 6.01. The molecule has 0 heterocycles. The molecule has 0 bridgehead atoms. The predicted molar refractivity (Wildman–Crippen MR) is 105 cm³/mol. The number of ether oxygens (including phenoxy) is 2. The van der Waals surface area contributed by atoms with Crippen molar-refractivity contribution < 1.29 is 24.1 Å². The van der Waals surface area contributed by atoms with Crippen molar-refractivity contribution in [2.75, 3.05) is 21.2 Å². The monoisotopic (exact) mass is 412 g/mol. The Balaban J connectivity index is 2.44. The van der Waals surface area contributed by atoms with Crippen molar-refractivity contribution in [2.45, 2.75) is 0 Å². The minimum Gasteiger partial charge on any atom is -0.493 e. The second-order valence-corrected chi connectivity index (χ2v) is 6.05. The molecule has 0 saturated carbocycles. The summed E-state index contributed by atoms with van der Waals surface area (Å²) < 4.78 is 10.8. The van der Waals surface area contributed by atoms with E-state index in [9.17, 15) is 30.3 Å². The molecule has 0 unspecified atom stereocenters. The smallest absolute Gasteiger partial charge is 0.318 e. The Morgan fingerprint density at radius 1 is 1.07 bits per heavy atom. The molecule has 2 aromatic carbocycles. The topological polar surface area (TPSA) is 149 Å². The third kappa shape index (κ3) is 4.87. The second-order valence-electron chi connectivity index (χ2n) is 6.05. The summed E-state index contributed by atoms with van der Waals surface area (Å²) in [5, 5.41) is 31.3. The molecule has 2 aromatic rings. The first-order valence-electron chi connectivity index (χ1n) is 8.30.